The van der Waals surface area contributed by atoms with Crippen molar-refractivity contribution < 1.29 is 41.0 Å². The van der Waals surface area contributed by atoms with Crippen LogP contribution in [0, 0.1) is 44.6 Å². The molecule has 2 aromatic rings. The van der Waals surface area contributed by atoms with Crippen LogP contribution in [0.1, 0.15) is 44.2 Å². The number of benzene rings is 1. The van der Waals surface area contributed by atoms with Crippen LogP contribution in [-0.4, -0.2) is 46.1 Å². The Hall–Kier alpha value is -1.76. The number of thiazole rings is 1. The van der Waals surface area contributed by atoms with Gasteiger partial charge in [0.25, 0.3) is 0 Å². The van der Waals surface area contributed by atoms with Gasteiger partial charge in [-0.25, -0.2) is 16.9 Å². The topological polar surface area (TPSA) is 109 Å². The Labute approximate surface area is 225 Å². The molecule has 0 spiro atoms. The number of aliphatic hydroxyl groups excluding tert-OH is 1. The number of rotatable bonds is 6. The molecule has 1 atom stereocenters. The average molecular weight is 696 g/mol. The third kappa shape index (κ3) is 9.56. The third-order valence-electron chi connectivity index (χ3n) is 4.46. The summed E-state index contributed by atoms with van der Waals surface area (Å²) in [5.41, 5.74) is 7.76. The Kier molecular flexibility index (Phi) is 15.9. The molecule has 1 aromatic carbocycles. The molecule has 178 valence electrons. The molecule has 0 saturated carbocycles. The Morgan fingerprint density at radius 2 is 2.03 bits per heavy atom. The Morgan fingerprint density at radius 3 is 2.64 bits per heavy atom. The molecule has 2 heterocycles. The van der Waals surface area contributed by atoms with Gasteiger partial charge in [0.05, 0.1) is 16.3 Å². The number of nitrogens with zero attached hydrogens (tertiary/aromatic N) is 3. The summed E-state index contributed by atoms with van der Waals surface area (Å²) in [4.78, 5) is 19.4. The number of fused-ring (bicyclic) bond motifs is 1. The number of amides is 1. The van der Waals surface area contributed by atoms with Crippen LogP contribution in [0.4, 0.5) is 0 Å². The number of aromatic nitrogens is 1. The zero-order valence-corrected chi connectivity index (χ0v) is 24.7. The van der Waals surface area contributed by atoms with Gasteiger partial charge in [0, 0.05) is 13.7 Å². The van der Waals surface area contributed by atoms with E-state index in [1.165, 1.54) is 23.7 Å². The normalized spacial score (nSPS) is 15.5. The molecule has 7 nitrogen and oxygen atoms in total. The van der Waals surface area contributed by atoms with Gasteiger partial charge in [0.15, 0.2) is 0 Å². The molecule has 33 heavy (non-hydrogen) atoms. The van der Waals surface area contributed by atoms with E-state index in [1.807, 2.05) is 23.1 Å². The van der Waals surface area contributed by atoms with E-state index in [0.29, 0.717) is 17.8 Å². The molecule has 0 radical (unpaired) electrons. The van der Waals surface area contributed by atoms with Gasteiger partial charge >= 0.3 is 31.1 Å². The third-order valence-corrected chi connectivity index (χ3v) is 5.60. The van der Waals surface area contributed by atoms with E-state index in [-0.39, 0.29) is 49.6 Å². The summed E-state index contributed by atoms with van der Waals surface area (Å²) in [6.07, 6.45) is 7.52. The van der Waals surface area contributed by atoms with Crippen LogP contribution in [-0.2, 0) is 4.79 Å². The van der Waals surface area contributed by atoms with Crippen molar-refractivity contribution in [2.24, 2.45) is 11.6 Å². The van der Waals surface area contributed by atoms with Crippen molar-refractivity contribution in [1.29, 1.82) is 0 Å². The summed E-state index contributed by atoms with van der Waals surface area (Å²) in [6, 6.07) is 8.02. The van der Waals surface area contributed by atoms with Crippen LogP contribution in [0.5, 0.6) is 0 Å². The maximum Gasteiger partial charge on any atom is 2.00 e. The minimum absolute atomic E-state index is 0. The molecule has 1 fully saturated rings. The van der Waals surface area contributed by atoms with E-state index in [4.69, 9.17) is 28.2 Å². The van der Waals surface area contributed by atoms with Crippen molar-refractivity contribution in [2.45, 2.75) is 39.2 Å². The predicted octanol–water partition coefficient (Wildman–Crippen LogP) is 3.71. The van der Waals surface area contributed by atoms with E-state index in [0.717, 1.165) is 35.2 Å². The monoisotopic (exact) mass is 695 g/mol. The van der Waals surface area contributed by atoms with Crippen molar-refractivity contribution in [3.05, 3.63) is 72.4 Å². The number of hydrogen-bond donors (Lipinski definition) is 3. The van der Waals surface area contributed by atoms with Gasteiger partial charge in [-0.05, 0) is 31.2 Å². The van der Waals surface area contributed by atoms with Gasteiger partial charge in [0.2, 0.25) is 5.91 Å². The SMILES string of the molecule is CCC.CO.[CH-]=C/C=C([CH2-])/C(N)=C/N(N)CC(=O)N1CCCC1c1nc2ccccc2s1.[U+2]. The van der Waals surface area contributed by atoms with E-state index >= 15 is 0 Å². The fraction of sp³-hybridized carbons (Fsp3) is 0.375. The minimum Gasteiger partial charge on any atom is -0.448 e. The van der Waals surface area contributed by atoms with E-state index in [1.54, 1.807) is 17.4 Å². The molecular formula is C24H35N5O2SU. The van der Waals surface area contributed by atoms with Crippen LogP contribution in [0.15, 0.2) is 53.9 Å². The summed E-state index contributed by atoms with van der Waals surface area (Å²) in [7, 11) is 1.00. The predicted molar refractivity (Wildman–Crippen MR) is 133 cm³/mol. The van der Waals surface area contributed by atoms with Crippen LogP contribution in [0.25, 0.3) is 10.2 Å². The largest absolute Gasteiger partial charge is 2.00 e. The first-order valence-corrected chi connectivity index (χ1v) is 11.4. The Balaban J connectivity index is 0.00000158. The van der Waals surface area contributed by atoms with Crippen LogP contribution in [0.3, 0.4) is 0 Å². The van der Waals surface area contributed by atoms with Crippen molar-refractivity contribution in [3.63, 3.8) is 0 Å². The van der Waals surface area contributed by atoms with Crippen LogP contribution in [0.2, 0.25) is 0 Å². The van der Waals surface area contributed by atoms with Gasteiger partial charge < -0.3 is 20.7 Å². The fourth-order valence-electron chi connectivity index (χ4n) is 3.12. The van der Waals surface area contributed by atoms with Crippen LogP contribution >= 0.6 is 11.3 Å². The first-order chi connectivity index (χ1) is 15.4. The first kappa shape index (κ1) is 31.2. The number of hydrazine groups is 1. The number of nitrogens with two attached hydrogens (primary N) is 2. The summed E-state index contributed by atoms with van der Waals surface area (Å²) >= 11 is 1.64. The molecule has 5 N–H and O–H groups in total. The van der Waals surface area contributed by atoms with Gasteiger partial charge in [-0.15, -0.1) is 11.3 Å². The summed E-state index contributed by atoms with van der Waals surface area (Å²) in [5, 5.41) is 9.25. The number of carbonyl (C=O) groups excluding carboxylic acids is 1. The number of allylic oxidation sites excluding steroid dienone is 3. The van der Waals surface area contributed by atoms with Crippen molar-refractivity contribution in [2.75, 3.05) is 20.2 Å². The summed E-state index contributed by atoms with van der Waals surface area (Å²) in [6.45, 7) is 14.1. The molecular weight excluding hydrogens is 660 g/mol. The van der Waals surface area contributed by atoms with Gasteiger partial charge in [-0.2, -0.15) is 18.6 Å². The molecule has 1 unspecified atom stereocenters. The molecule has 1 aliphatic heterocycles. The molecule has 1 saturated heterocycles. The maximum atomic E-state index is 12.8. The molecule has 9 heteroatoms. The number of likely N-dealkylation sites (tertiary alicyclic amines) is 1. The number of para-hydroxylation sites is 1. The zero-order chi connectivity index (χ0) is 24.1. The second kappa shape index (κ2) is 16.8. The summed E-state index contributed by atoms with van der Waals surface area (Å²) in [5.74, 6) is 5.89. The molecule has 3 rings (SSSR count). The minimum atomic E-state index is -0.0525. The smallest absolute Gasteiger partial charge is 0.448 e. The number of aliphatic hydroxyl groups is 1. The first-order valence-electron chi connectivity index (χ1n) is 10.6. The summed E-state index contributed by atoms with van der Waals surface area (Å²) < 4.78 is 1.13. The average Bonchev–Trinajstić information content (AvgIpc) is 3.42. The van der Waals surface area contributed by atoms with Crippen molar-refractivity contribution in [3.8, 4) is 0 Å². The quantitative estimate of drug-likeness (QED) is 0.184. The Morgan fingerprint density at radius 1 is 1.39 bits per heavy atom. The number of hydrogen-bond acceptors (Lipinski definition) is 7. The molecule has 1 aliphatic rings. The molecule has 0 bridgehead atoms. The van der Waals surface area contributed by atoms with Crippen molar-refractivity contribution >= 4 is 27.5 Å². The molecule has 1 amide bonds. The standard InChI is InChI=1S/C20H23N5OS.C3H8.CH4O.U/c1-3-7-14(2)15(21)12-24(22)13-19(26)25-11-6-9-17(25)20-23-16-8-4-5-10-18(16)27-20;1-3-2;1-2;/h1,3-5,7-8,10,12,17H,2,6,9,11,13,21-22H2;3H2,1-2H3;2H,1H3;/q-2;;;+2/b14-7+,15-12-;;;. The van der Waals surface area contributed by atoms with E-state index < -0.39 is 0 Å². The van der Waals surface area contributed by atoms with E-state index in [9.17, 15) is 4.79 Å². The Bertz CT molecular complexity index is 895. The second-order valence-corrected chi connectivity index (χ2v) is 8.18. The number of carbonyl (C=O) groups is 1. The van der Waals surface area contributed by atoms with E-state index in [2.05, 4.69) is 26.8 Å². The fourth-order valence-corrected chi connectivity index (χ4v) is 4.24. The molecule has 1 aromatic heterocycles. The van der Waals surface area contributed by atoms with Gasteiger partial charge in [0.1, 0.15) is 11.6 Å². The van der Waals surface area contributed by atoms with Gasteiger partial charge in [-0.3, -0.25) is 11.4 Å². The van der Waals surface area contributed by atoms with Gasteiger partial charge in [-0.1, -0.05) is 38.1 Å². The van der Waals surface area contributed by atoms with Crippen molar-refractivity contribution in [1.82, 2.24) is 14.9 Å². The second-order valence-electron chi connectivity index (χ2n) is 7.11. The van der Waals surface area contributed by atoms with Crippen LogP contribution < -0.4 is 11.6 Å². The zero-order valence-electron chi connectivity index (χ0n) is 19.7. The maximum absolute atomic E-state index is 12.8. The molecule has 0 aliphatic carbocycles.